The smallest absolute Gasteiger partial charge is 0.329 e. The Morgan fingerprint density at radius 3 is 2.24 bits per heavy atom. The van der Waals surface area contributed by atoms with Crippen molar-refractivity contribution in [3.63, 3.8) is 0 Å². The number of hydrogen-bond acceptors (Lipinski definition) is 13. The Morgan fingerprint density at radius 1 is 0.910 bits per heavy atom. The van der Waals surface area contributed by atoms with Crippen LogP contribution in [0.3, 0.4) is 0 Å². The standard InChI is InChI=1S/C52H78N2O13/c1-11-37-24-31(2)23-32(3)25-44(63-9)48-45(64-10)27-34(5)52(61,67-48)49(58)50(59)54-22-16-15-19-39(54)51(60)66-47(35(6)40(55)29-41(37)56)33(4)26-36-20-21-42(43(28-36)62-8)65-30-46(57)53(7)38-17-13-12-14-18-38/h12-14,17-18,24,26,32,34-37,39-40,42-45,47-48,55,61H,11,15-16,19-23,25,27-30H2,1-10H3/b31-24+,33-26?/t32-,34+,35+,36-,37?,39-,40?,42-,43+,44?,45-,47+,48+,52+/m0/s1. The highest BCUT2D eigenvalue weighted by Crippen LogP contribution is 2.39. The van der Waals surface area contributed by atoms with Crippen molar-refractivity contribution in [3.05, 3.63) is 53.6 Å². The van der Waals surface area contributed by atoms with E-state index in [0.29, 0.717) is 56.9 Å². The molecule has 1 aliphatic carbocycles. The van der Waals surface area contributed by atoms with E-state index >= 15 is 0 Å². The fourth-order valence-corrected chi connectivity index (χ4v) is 10.6. The number of piperidine rings is 1. The summed E-state index contributed by atoms with van der Waals surface area (Å²) in [5.41, 5.74) is 2.40. The first-order chi connectivity index (χ1) is 31.9. The lowest BCUT2D eigenvalue weighted by Crippen LogP contribution is -2.64. The molecule has 67 heavy (non-hydrogen) atoms. The van der Waals surface area contributed by atoms with E-state index in [9.17, 15) is 34.2 Å². The van der Waals surface area contributed by atoms with Crippen LogP contribution in [0.1, 0.15) is 112 Å². The maximum atomic E-state index is 14.5. The van der Waals surface area contributed by atoms with Crippen molar-refractivity contribution in [2.24, 2.45) is 29.6 Å². The normalized spacial score (nSPS) is 36.5. The van der Waals surface area contributed by atoms with Gasteiger partial charge in [-0.1, -0.05) is 63.6 Å². The summed E-state index contributed by atoms with van der Waals surface area (Å²) >= 11 is 0. The third-order valence-electron chi connectivity index (χ3n) is 14.8. The quantitative estimate of drug-likeness (QED) is 0.155. The monoisotopic (exact) mass is 939 g/mol. The zero-order valence-corrected chi connectivity index (χ0v) is 41.5. The summed E-state index contributed by atoms with van der Waals surface area (Å²) in [5, 5.41) is 24.0. The third-order valence-corrected chi connectivity index (χ3v) is 14.8. The third kappa shape index (κ3) is 13.3. The molecule has 3 fully saturated rings. The van der Waals surface area contributed by atoms with Crippen LogP contribution in [0.2, 0.25) is 0 Å². The van der Waals surface area contributed by atoms with Crippen LogP contribution in [0.25, 0.3) is 0 Å². The Hall–Kier alpha value is -3.83. The van der Waals surface area contributed by atoms with Gasteiger partial charge in [0.1, 0.15) is 30.6 Å². The van der Waals surface area contributed by atoms with Gasteiger partial charge in [-0.25, -0.2) is 4.79 Å². The van der Waals surface area contributed by atoms with Crippen LogP contribution >= 0.6 is 0 Å². The average molecular weight is 939 g/mol. The number of amides is 2. The maximum Gasteiger partial charge on any atom is 0.329 e. The SMILES string of the molecule is CCC1/C=C(\C)C[C@H](C)CC(OC)[C@H]2O[C@@](O)(C(=O)C(=O)N3CCCC[C@H]3C(=O)O[C@H](C(C)=C[C@@H]3CC[C@H](OCC(=O)N(C)c4ccccc4)[C@H](OC)C3)[C@H](C)C(O)CC1=O)[C@H](C)C[C@@H]2OC. The van der Waals surface area contributed by atoms with Crippen LogP contribution in [-0.2, 0) is 52.4 Å². The highest BCUT2D eigenvalue weighted by Gasteiger charge is 2.56. The van der Waals surface area contributed by atoms with Crippen LogP contribution < -0.4 is 4.90 Å². The molecule has 1 aromatic carbocycles. The van der Waals surface area contributed by atoms with Crippen molar-refractivity contribution in [1.29, 1.82) is 0 Å². The molecule has 1 saturated carbocycles. The molecule has 14 atom stereocenters. The molecule has 0 aromatic heterocycles. The number of para-hydroxylation sites is 1. The fraction of sp³-hybridized carbons (Fsp3) is 0.712. The number of Topliss-reactive ketones (excluding diaryl/α,β-unsaturated/α-hetero) is 2. The lowest BCUT2D eigenvalue weighted by Gasteiger charge is -2.47. The maximum absolute atomic E-state index is 14.5. The Kier molecular flexibility index (Phi) is 19.9. The Bertz CT molecular complexity index is 1910. The minimum absolute atomic E-state index is 0.0186. The molecule has 5 rings (SSSR count). The molecule has 4 aliphatic rings. The van der Waals surface area contributed by atoms with Gasteiger partial charge >= 0.3 is 5.97 Å². The number of anilines is 1. The van der Waals surface area contributed by atoms with E-state index in [2.05, 4.69) is 6.92 Å². The van der Waals surface area contributed by atoms with Crippen molar-refractivity contribution in [2.75, 3.05) is 46.4 Å². The fourth-order valence-electron chi connectivity index (χ4n) is 10.6. The molecular weight excluding hydrogens is 861 g/mol. The summed E-state index contributed by atoms with van der Waals surface area (Å²) in [4.78, 5) is 73.0. The number of carbonyl (C=O) groups excluding carboxylic acids is 5. The number of ether oxygens (including phenoxy) is 6. The van der Waals surface area contributed by atoms with E-state index in [1.807, 2.05) is 63.3 Å². The van der Waals surface area contributed by atoms with E-state index < -0.39 is 77.8 Å². The summed E-state index contributed by atoms with van der Waals surface area (Å²) in [5.74, 6) is -7.91. The second-order valence-corrected chi connectivity index (χ2v) is 19.7. The number of aliphatic hydroxyl groups is 2. The van der Waals surface area contributed by atoms with E-state index in [1.165, 1.54) is 19.1 Å². The van der Waals surface area contributed by atoms with E-state index in [1.54, 1.807) is 32.9 Å². The van der Waals surface area contributed by atoms with Gasteiger partial charge in [0.25, 0.3) is 17.6 Å². The Balaban J connectivity index is 1.44. The number of fused-ring (bicyclic) bond motifs is 3. The summed E-state index contributed by atoms with van der Waals surface area (Å²) in [6.07, 6.45) is 3.79. The number of hydrogen-bond donors (Lipinski definition) is 2. The number of aliphatic hydroxyl groups excluding tert-OH is 1. The lowest BCUT2D eigenvalue weighted by molar-refractivity contribution is -0.302. The summed E-state index contributed by atoms with van der Waals surface area (Å²) in [6.45, 7) is 11.1. The van der Waals surface area contributed by atoms with Gasteiger partial charge < -0.3 is 48.4 Å². The minimum atomic E-state index is -2.52. The molecule has 0 spiro atoms. The molecular formula is C52H78N2O13. The number of carbonyl (C=O) groups is 5. The first-order valence-electron chi connectivity index (χ1n) is 24.4. The molecule has 2 N–H and O–H groups in total. The second-order valence-electron chi connectivity index (χ2n) is 19.7. The van der Waals surface area contributed by atoms with Crippen molar-refractivity contribution >= 4 is 35.0 Å². The first-order valence-corrected chi connectivity index (χ1v) is 24.4. The van der Waals surface area contributed by atoms with Crippen LogP contribution in [0.4, 0.5) is 5.69 Å². The molecule has 3 heterocycles. The van der Waals surface area contributed by atoms with Crippen LogP contribution in [-0.4, -0.2) is 141 Å². The summed E-state index contributed by atoms with van der Waals surface area (Å²) in [6, 6.07) is 8.17. The number of likely N-dealkylation sites (N-methyl/N-ethyl adjacent to an activating group) is 1. The number of ketones is 2. The van der Waals surface area contributed by atoms with Gasteiger partial charge in [-0.15, -0.1) is 0 Å². The number of nitrogens with zero attached hydrogens (tertiary/aromatic N) is 2. The average Bonchev–Trinajstić information content (AvgIpc) is 3.32. The number of esters is 1. The van der Waals surface area contributed by atoms with Gasteiger partial charge in [0.05, 0.1) is 30.5 Å². The minimum Gasteiger partial charge on any atom is -0.456 e. The molecule has 2 bridgehead atoms. The molecule has 0 radical (unpaired) electrons. The van der Waals surface area contributed by atoms with E-state index in [0.717, 1.165) is 11.3 Å². The molecule has 3 unspecified atom stereocenters. The molecule has 3 aliphatic heterocycles. The highest BCUT2D eigenvalue weighted by atomic mass is 16.7. The summed E-state index contributed by atoms with van der Waals surface area (Å²) in [7, 11) is 6.38. The zero-order chi connectivity index (χ0) is 49.2. The van der Waals surface area contributed by atoms with Crippen molar-refractivity contribution in [3.8, 4) is 0 Å². The van der Waals surface area contributed by atoms with Gasteiger partial charge in [-0.05, 0) is 108 Å². The van der Waals surface area contributed by atoms with Crippen molar-refractivity contribution in [2.45, 2.75) is 167 Å². The highest BCUT2D eigenvalue weighted by molar-refractivity contribution is 6.39. The largest absolute Gasteiger partial charge is 0.456 e. The lowest BCUT2D eigenvalue weighted by atomic mass is 9.81. The predicted octanol–water partition coefficient (Wildman–Crippen LogP) is 6.16. The zero-order valence-electron chi connectivity index (χ0n) is 41.5. The molecule has 2 amide bonds. The van der Waals surface area contributed by atoms with Gasteiger partial charge in [-0.3, -0.25) is 19.2 Å². The Morgan fingerprint density at radius 2 is 1.58 bits per heavy atom. The van der Waals surface area contributed by atoms with Gasteiger partial charge in [0, 0.05) is 64.8 Å². The first kappa shape index (κ1) is 54.1. The van der Waals surface area contributed by atoms with Crippen LogP contribution in [0, 0.1) is 29.6 Å². The number of cyclic esters (lactones) is 1. The van der Waals surface area contributed by atoms with Crippen LogP contribution in [0.5, 0.6) is 0 Å². The van der Waals surface area contributed by atoms with Crippen molar-refractivity contribution in [1.82, 2.24) is 4.90 Å². The number of methoxy groups -OCH3 is 3. The predicted molar refractivity (Wildman–Crippen MR) is 252 cm³/mol. The van der Waals surface area contributed by atoms with Gasteiger partial charge in [0.15, 0.2) is 0 Å². The molecule has 2 saturated heterocycles. The Labute approximate surface area is 397 Å². The van der Waals surface area contributed by atoms with Gasteiger partial charge in [-0.2, -0.15) is 0 Å². The van der Waals surface area contributed by atoms with E-state index in [-0.39, 0.29) is 68.1 Å². The van der Waals surface area contributed by atoms with Crippen LogP contribution in [0.15, 0.2) is 53.6 Å². The molecule has 374 valence electrons. The number of benzene rings is 1. The number of allylic oxidation sites excluding steroid dienone is 3. The molecule has 15 nitrogen and oxygen atoms in total. The number of rotatable bonds is 10. The molecule has 1 aromatic rings. The topological polar surface area (TPSA) is 188 Å². The van der Waals surface area contributed by atoms with E-state index in [4.69, 9.17) is 28.4 Å². The second kappa shape index (κ2) is 24.6. The van der Waals surface area contributed by atoms with Crippen molar-refractivity contribution < 1.29 is 62.6 Å². The molecule has 15 heteroatoms. The van der Waals surface area contributed by atoms with Gasteiger partial charge in [0.2, 0.25) is 5.79 Å². The summed E-state index contributed by atoms with van der Waals surface area (Å²) < 4.78 is 36.5.